The normalized spacial score (nSPS) is 12.3. The Kier molecular flexibility index (Phi) is 12.2. The Balaban J connectivity index is 1.54. The number of hydrogen-bond donors (Lipinski definition) is 1. The molecule has 1 amide bonds. The number of hydrogen-bond acceptors (Lipinski definition) is 2. The van der Waals surface area contributed by atoms with Gasteiger partial charge in [-0.15, -0.1) is 0 Å². The molecule has 2 aromatic rings. The second kappa shape index (κ2) is 15.0. The molecule has 0 saturated heterocycles. The molecular formula is C27H42N2O. The quantitative estimate of drug-likeness (QED) is 0.272. The summed E-state index contributed by atoms with van der Waals surface area (Å²) in [7, 11) is 0. The molecule has 30 heavy (non-hydrogen) atoms. The van der Waals surface area contributed by atoms with Crippen LogP contribution in [-0.2, 0) is 4.79 Å². The van der Waals surface area contributed by atoms with Gasteiger partial charge in [0.05, 0.1) is 17.1 Å². The minimum atomic E-state index is -0.271. The van der Waals surface area contributed by atoms with Crippen molar-refractivity contribution in [3.05, 3.63) is 42.1 Å². The van der Waals surface area contributed by atoms with Crippen LogP contribution in [0.2, 0.25) is 0 Å². The van der Waals surface area contributed by atoms with Crippen molar-refractivity contribution in [3.8, 4) is 0 Å². The fourth-order valence-corrected chi connectivity index (χ4v) is 4.25. The molecule has 166 valence electrons. The molecule has 3 nitrogen and oxygen atoms in total. The first-order valence-electron chi connectivity index (χ1n) is 12.4. The summed E-state index contributed by atoms with van der Waals surface area (Å²) in [5, 5.41) is 1.10. The zero-order chi connectivity index (χ0) is 21.4. The molecule has 3 heteroatoms. The standard InChI is InChI=1S/C27H42N2O/c1-2-3-4-5-6-7-8-9-10-11-12-13-14-15-19-24(27(28)30)26-22-21-23-18-16-17-20-25(23)29-26/h16-18,20-22,24H,2-15,19H2,1H3,(H2,28,30). The van der Waals surface area contributed by atoms with Crippen molar-refractivity contribution < 1.29 is 4.79 Å². The van der Waals surface area contributed by atoms with Crippen LogP contribution in [0.25, 0.3) is 10.9 Å². The zero-order valence-electron chi connectivity index (χ0n) is 19.1. The van der Waals surface area contributed by atoms with E-state index in [1.165, 1.54) is 83.5 Å². The van der Waals surface area contributed by atoms with Gasteiger partial charge in [-0.25, -0.2) is 0 Å². The Morgan fingerprint density at radius 1 is 0.767 bits per heavy atom. The molecule has 2 rings (SSSR count). The first kappa shape index (κ1) is 24.4. The summed E-state index contributed by atoms with van der Waals surface area (Å²) in [6, 6.07) is 12.0. The van der Waals surface area contributed by atoms with Gasteiger partial charge in [-0.05, 0) is 18.6 Å². The molecule has 0 spiro atoms. The van der Waals surface area contributed by atoms with Gasteiger partial charge in [-0.2, -0.15) is 0 Å². The van der Waals surface area contributed by atoms with Crippen molar-refractivity contribution in [1.82, 2.24) is 4.98 Å². The van der Waals surface area contributed by atoms with Gasteiger partial charge >= 0.3 is 0 Å². The highest BCUT2D eigenvalue weighted by Crippen LogP contribution is 2.24. The molecule has 1 heterocycles. The fraction of sp³-hybridized carbons (Fsp3) is 0.630. The van der Waals surface area contributed by atoms with Gasteiger partial charge in [0.1, 0.15) is 0 Å². The van der Waals surface area contributed by atoms with Gasteiger partial charge < -0.3 is 5.73 Å². The molecule has 0 aliphatic rings. The van der Waals surface area contributed by atoms with Crippen LogP contribution < -0.4 is 5.73 Å². The van der Waals surface area contributed by atoms with E-state index in [-0.39, 0.29) is 11.8 Å². The number of unbranched alkanes of at least 4 members (excludes halogenated alkanes) is 13. The summed E-state index contributed by atoms with van der Waals surface area (Å²) in [4.78, 5) is 16.7. The molecule has 0 aliphatic carbocycles. The molecule has 0 bridgehead atoms. The van der Waals surface area contributed by atoms with Crippen molar-refractivity contribution in [2.75, 3.05) is 0 Å². The summed E-state index contributed by atoms with van der Waals surface area (Å²) < 4.78 is 0. The van der Waals surface area contributed by atoms with E-state index in [9.17, 15) is 4.79 Å². The average molecular weight is 411 g/mol. The van der Waals surface area contributed by atoms with Crippen LogP contribution in [0, 0.1) is 0 Å². The topological polar surface area (TPSA) is 56.0 Å². The number of amides is 1. The van der Waals surface area contributed by atoms with Crippen LogP contribution >= 0.6 is 0 Å². The van der Waals surface area contributed by atoms with E-state index in [1.807, 2.05) is 36.4 Å². The van der Waals surface area contributed by atoms with Crippen molar-refractivity contribution in [2.45, 2.75) is 109 Å². The number of fused-ring (bicyclic) bond motifs is 1. The maximum absolute atomic E-state index is 12.0. The highest BCUT2D eigenvalue weighted by atomic mass is 16.1. The maximum Gasteiger partial charge on any atom is 0.226 e. The third kappa shape index (κ3) is 9.28. The summed E-state index contributed by atoms with van der Waals surface area (Å²) in [5.74, 6) is -0.528. The van der Waals surface area contributed by atoms with Crippen LogP contribution in [0.5, 0.6) is 0 Å². The molecule has 0 saturated carbocycles. The molecule has 2 N–H and O–H groups in total. The van der Waals surface area contributed by atoms with Crippen molar-refractivity contribution in [1.29, 1.82) is 0 Å². The molecule has 0 radical (unpaired) electrons. The zero-order valence-corrected chi connectivity index (χ0v) is 19.1. The Labute approximate surface area is 183 Å². The lowest BCUT2D eigenvalue weighted by Crippen LogP contribution is -2.22. The largest absolute Gasteiger partial charge is 0.369 e. The van der Waals surface area contributed by atoms with E-state index in [4.69, 9.17) is 5.73 Å². The average Bonchev–Trinajstić information content (AvgIpc) is 2.76. The number of benzene rings is 1. The third-order valence-corrected chi connectivity index (χ3v) is 6.17. The first-order valence-corrected chi connectivity index (χ1v) is 12.4. The third-order valence-electron chi connectivity index (χ3n) is 6.17. The van der Waals surface area contributed by atoms with Crippen molar-refractivity contribution in [2.24, 2.45) is 5.73 Å². The first-order chi connectivity index (χ1) is 14.7. The monoisotopic (exact) mass is 410 g/mol. The van der Waals surface area contributed by atoms with E-state index < -0.39 is 0 Å². The highest BCUT2D eigenvalue weighted by molar-refractivity contribution is 5.83. The number of para-hydroxylation sites is 1. The maximum atomic E-state index is 12.0. The van der Waals surface area contributed by atoms with E-state index >= 15 is 0 Å². The predicted octanol–water partition coefficient (Wildman–Crippen LogP) is 7.68. The molecule has 1 atom stereocenters. The Morgan fingerprint density at radius 3 is 1.87 bits per heavy atom. The summed E-state index contributed by atoms with van der Waals surface area (Å²) in [5.41, 5.74) is 7.44. The lowest BCUT2D eigenvalue weighted by molar-refractivity contribution is -0.119. The number of rotatable bonds is 17. The molecule has 1 aromatic carbocycles. The highest BCUT2D eigenvalue weighted by Gasteiger charge is 2.19. The van der Waals surface area contributed by atoms with Crippen molar-refractivity contribution in [3.63, 3.8) is 0 Å². The summed E-state index contributed by atoms with van der Waals surface area (Å²) in [6.07, 6.45) is 19.5. The predicted molar refractivity (Wildman–Crippen MR) is 129 cm³/mol. The second-order valence-corrected chi connectivity index (χ2v) is 8.77. The van der Waals surface area contributed by atoms with Gasteiger partial charge in [0.15, 0.2) is 0 Å². The van der Waals surface area contributed by atoms with Gasteiger partial charge in [0.2, 0.25) is 5.91 Å². The van der Waals surface area contributed by atoms with Gasteiger partial charge in [0.25, 0.3) is 0 Å². The Bertz CT molecular complexity index is 728. The summed E-state index contributed by atoms with van der Waals surface area (Å²) >= 11 is 0. The smallest absolute Gasteiger partial charge is 0.226 e. The number of nitrogens with zero attached hydrogens (tertiary/aromatic N) is 1. The SMILES string of the molecule is CCCCCCCCCCCCCCCCC(C(N)=O)c1ccc2ccccc2n1. The van der Waals surface area contributed by atoms with Gasteiger partial charge in [-0.3, -0.25) is 9.78 Å². The molecule has 1 aromatic heterocycles. The number of pyridine rings is 1. The number of carbonyl (C=O) groups is 1. The Hall–Kier alpha value is -1.90. The number of primary amides is 1. The number of aromatic nitrogens is 1. The van der Waals surface area contributed by atoms with E-state index in [1.54, 1.807) is 0 Å². The molecule has 1 unspecified atom stereocenters. The van der Waals surface area contributed by atoms with Crippen molar-refractivity contribution >= 4 is 16.8 Å². The van der Waals surface area contributed by atoms with E-state index in [0.29, 0.717) is 0 Å². The van der Waals surface area contributed by atoms with E-state index in [0.717, 1.165) is 29.4 Å². The molecule has 0 fully saturated rings. The lowest BCUT2D eigenvalue weighted by atomic mass is 9.95. The number of carbonyl (C=O) groups excluding carboxylic acids is 1. The van der Waals surface area contributed by atoms with Crippen LogP contribution in [0.1, 0.15) is 115 Å². The number of nitrogens with two attached hydrogens (primary N) is 1. The molecule has 0 aliphatic heterocycles. The minimum Gasteiger partial charge on any atom is -0.369 e. The molecular weight excluding hydrogens is 368 g/mol. The summed E-state index contributed by atoms with van der Waals surface area (Å²) in [6.45, 7) is 2.28. The van der Waals surface area contributed by atoms with E-state index in [2.05, 4.69) is 11.9 Å². The van der Waals surface area contributed by atoms with Crippen LogP contribution in [0.3, 0.4) is 0 Å². The lowest BCUT2D eigenvalue weighted by Gasteiger charge is -2.13. The van der Waals surface area contributed by atoms with Gasteiger partial charge in [-0.1, -0.05) is 121 Å². The Morgan fingerprint density at radius 2 is 1.30 bits per heavy atom. The van der Waals surface area contributed by atoms with Crippen LogP contribution in [0.4, 0.5) is 0 Å². The second-order valence-electron chi connectivity index (χ2n) is 8.77. The van der Waals surface area contributed by atoms with Gasteiger partial charge in [0, 0.05) is 5.39 Å². The van der Waals surface area contributed by atoms with Crippen LogP contribution in [0.15, 0.2) is 36.4 Å². The fourth-order valence-electron chi connectivity index (χ4n) is 4.25. The minimum absolute atomic E-state index is 0.257. The van der Waals surface area contributed by atoms with Crippen LogP contribution in [-0.4, -0.2) is 10.9 Å².